The van der Waals surface area contributed by atoms with Crippen LogP contribution < -0.4 is 4.74 Å². The highest BCUT2D eigenvalue weighted by atomic mass is 79.9. The standard InChI is InChI=1S/C15H15BrFNO/c1-10-3-5-13(17)7-12(10)9-19-15-6-4-11(2)18-14(15)8-16/h3-7H,8-9H2,1-2H3. The number of hydrogen-bond donors (Lipinski definition) is 0. The molecule has 1 heterocycles. The van der Waals surface area contributed by atoms with Gasteiger partial charge in [0.2, 0.25) is 0 Å². The van der Waals surface area contributed by atoms with Crippen molar-refractivity contribution in [1.29, 1.82) is 0 Å². The van der Waals surface area contributed by atoms with Crippen LogP contribution in [0.3, 0.4) is 0 Å². The van der Waals surface area contributed by atoms with Gasteiger partial charge in [0, 0.05) is 11.0 Å². The third-order valence-electron chi connectivity index (χ3n) is 2.89. The average molecular weight is 324 g/mol. The van der Waals surface area contributed by atoms with Crippen molar-refractivity contribution in [1.82, 2.24) is 4.98 Å². The Balaban J connectivity index is 2.16. The Morgan fingerprint density at radius 2 is 2.00 bits per heavy atom. The lowest BCUT2D eigenvalue weighted by Crippen LogP contribution is -2.02. The second-order valence-electron chi connectivity index (χ2n) is 4.39. The maximum absolute atomic E-state index is 13.2. The molecule has 1 aromatic heterocycles. The van der Waals surface area contributed by atoms with Crippen molar-refractivity contribution in [3.8, 4) is 5.75 Å². The minimum atomic E-state index is -0.244. The summed E-state index contributed by atoms with van der Waals surface area (Å²) in [6, 6.07) is 8.52. The fraction of sp³-hybridized carbons (Fsp3) is 0.267. The Labute approximate surface area is 120 Å². The summed E-state index contributed by atoms with van der Waals surface area (Å²) in [6.07, 6.45) is 0. The normalized spacial score (nSPS) is 10.5. The van der Waals surface area contributed by atoms with Crippen molar-refractivity contribution in [3.05, 3.63) is 58.7 Å². The van der Waals surface area contributed by atoms with Gasteiger partial charge in [-0.2, -0.15) is 0 Å². The van der Waals surface area contributed by atoms with E-state index in [2.05, 4.69) is 20.9 Å². The van der Waals surface area contributed by atoms with Crippen LogP contribution in [0.25, 0.3) is 0 Å². The van der Waals surface area contributed by atoms with E-state index < -0.39 is 0 Å². The molecule has 0 radical (unpaired) electrons. The molecule has 2 nitrogen and oxygen atoms in total. The fourth-order valence-corrected chi connectivity index (χ4v) is 2.18. The number of pyridine rings is 1. The molecule has 0 aliphatic carbocycles. The smallest absolute Gasteiger partial charge is 0.142 e. The number of halogens is 2. The molecule has 1 aromatic carbocycles. The fourth-order valence-electron chi connectivity index (χ4n) is 1.78. The molecule has 0 spiro atoms. The summed E-state index contributed by atoms with van der Waals surface area (Å²) < 4.78 is 18.9. The SMILES string of the molecule is Cc1ccc(OCc2cc(F)ccc2C)c(CBr)n1. The van der Waals surface area contributed by atoms with E-state index in [0.717, 1.165) is 28.3 Å². The summed E-state index contributed by atoms with van der Waals surface area (Å²) in [4.78, 5) is 4.40. The number of alkyl halides is 1. The Hall–Kier alpha value is -1.42. The zero-order chi connectivity index (χ0) is 13.8. The van der Waals surface area contributed by atoms with Crippen LogP contribution in [0.15, 0.2) is 30.3 Å². The van der Waals surface area contributed by atoms with Crippen molar-refractivity contribution >= 4 is 15.9 Å². The quantitative estimate of drug-likeness (QED) is 0.782. The largest absolute Gasteiger partial charge is 0.487 e. The predicted octanol–water partition coefficient (Wildman–Crippen LogP) is 4.31. The van der Waals surface area contributed by atoms with E-state index in [1.807, 2.05) is 26.0 Å². The van der Waals surface area contributed by atoms with Gasteiger partial charge < -0.3 is 4.74 Å². The molecule has 0 unspecified atom stereocenters. The summed E-state index contributed by atoms with van der Waals surface area (Å²) >= 11 is 3.39. The number of benzene rings is 1. The minimum absolute atomic E-state index is 0.244. The van der Waals surface area contributed by atoms with Gasteiger partial charge in [0.25, 0.3) is 0 Å². The van der Waals surface area contributed by atoms with Crippen LogP contribution in [-0.4, -0.2) is 4.98 Å². The summed E-state index contributed by atoms with van der Waals surface area (Å²) in [5.74, 6) is 0.484. The highest BCUT2D eigenvalue weighted by molar-refractivity contribution is 9.08. The van der Waals surface area contributed by atoms with E-state index in [4.69, 9.17) is 4.74 Å². The number of ether oxygens (including phenoxy) is 1. The molecule has 0 N–H and O–H groups in total. The second kappa shape index (κ2) is 6.15. The van der Waals surface area contributed by atoms with Gasteiger partial charge in [-0.15, -0.1) is 0 Å². The Bertz CT molecular complexity index is 586. The number of nitrogens with zero attached hydrogens (tertiary/aromatic N) is 1. The van der Waals surface area contributed by atoms with Crippen LogP contribution >= 0.6 is 15.9 Å². The van der Waals surface area contributed by atoms with E-state index in [0.29, 0.717) is 11.9 Å². The zero-order valence-corrected chi connectivity index (χ0v) is 12.5. The third-order valence-corrected chi connectivity index (χ3v) is 3.42. The van der Waals surface area contributed by atoms with Crippen LogP contribution in [0, 0.1) is 19.7 Å². The molecular formula is C15H15BrFNO. The van der Waals surface area contributed by atoms with E-state index >= 15 is 0 Å². The monoisotopic (exact) mass is 323 g/mol. The highest BCUT2D eigenvalue weighted by Gasteiger charge is 2.07. The molecule has 0 atom stereocenters. The summed E-state index contributed by atoms with van der Waals surface area (Å²) in [5.41, 5.74) is 3.67. The first-order chi connectivity index (χ1) is 9.10. The van der Waals surface area contributed by atoms with Crippen LogP contribution in [0.4, 0.5) is 4.39 Å². The van der Waals surface area contributed by atoms with Gasteiger partial charge in [-0.05, 0) is 49.2 Å². The van der Waals surface area contributed by atoms with Crippen LogP contribution in [0.1, 0.15) is 22.5 Å². The van der Waals surface area contributed by atoms with Gasteiger partial charge in [0.1, 0.15) is 18.2 Å². The molecule has 0 aliphatic heterocycles. The lowest BCUT2D eigenvalue weighted by Gasteiger charge is -2.11. The number of aromatic nitrogens is 1. The number of hydrogen-bond acceptors (Lipinski definition) is 2. The molecule has 4 heteroatoms. The van der Waals surface area contributed by atoms with Crippen LogP contribution in [0.2, 0.25) is 0 Å². The summed E-state index contributed by atoms with van der Waals surface area (Å²) in [6.45, 7) is 4.22. The second-order valence-corrected chi connectivity index (χ2v) is 4.95. The Kier molecular flexibility index (Phi) is 4.53. The van der Waals surface area contributed by atoms with E-state index in [1.165, 1.54) is 12.1 Å². The third kappa shape index (κ3) is 3.53. The predicted molar refractivity (Wildman–Crippen MR) is 77.1 cm³/mol. The van der Waals surface area contributed by atoms with Gasteiger partial charge >= 0.3 is 0 Å². The highest BCUT2D eigenvalue weighted by Crippen LogP contribution is 2.21. The number of aryl methyl sites for hydroxylation is 2. The molecule has 2 rings (SSSR count). The van der Waals surface area contributed by atoms with Crippen molar-refractivity contribution < 1.29 is 9.13 Å². The minimum Gasteiger partial charge on any atom is -0.487 e. The molecular weight excluding hydrogens is 309 g/mol. The Morgan fingerprint density at radius 1 is 1.21 bits per heavy atom. The van der Waals surface area contributed by atoms with Crippen LogP contribution in [-0.2, 0) is 11.9 Å². The first-order valence-electron chi connectivity index (χ1n) is 6.00. The maximum Gasteiger partial charge on any atom is 0.142 e. The molecule has 0 saturated heterocycles. The van der Waals surface area contributed by atoms with Crippen molar-refractivity contribution in [3.63, 3.8) is 0 Å². The average Bonchev–Trinajstić information content (AvgIpc) is 2.40. The molecule has 0 amide bonds. The molecule has 0 bridgehead atoms. The van der Waals surface area contributed by atoms with Gasteiger partial charge in [0.05, 0.1) is 5.69 Å². The zero-order valence-electron chi connectivity index (χ0n) is 10.9. The van der Waals surface area contributed by atoms with E-state index in [1.54, 1.807) is 6.07 Å². The van der Waals surface area contributed by atoms with Gasteiger partial charge in [-0.1, -0.05) is 22.0 Å². The van der Waals surface area contributed by atoms with Crippen LogP contribution in [0.5, 0.6) is 5.75 Å². The van der Waals surface area contributed by atoms with Crippen molar-refractivity contribution in [2.24, 2.45) is 0 Å². The van der Waals surface area contributed by atoms with E-state index in [9.17, 15) is 4.39 Å². The van der Waals surface area contributed by atoms with Gasteiger partial charge in [0.15, 0.2) is 0 Å². The first kappa shape index (κ1) is 14.0. The topological polar surface area (TPSA) is 22.1 Å². The molecule has 100 valence electrons. The molecule has 0 aliphatic rings. The molecule has 0 saturated carbocycles. The van der Waals surface area contributed by atoms with E-state index in [-0.39, 0.29) is 5.82 Å². The Morgan fingerprint density at radius 3 is 2.74 bits per heavy atom. The maximum atomic E-state index is 13.2. The number of rotatable bonds is 4. The van der Waals surface area contributed by atoms with Gasteiger partial charge in [-0.25, -0.2) is 4.39 Å². The first-order valence-corrected chi connectivity index (χ1v) is 7.12. The summed E-state index contributed by atoms with van der Waals surface area (Å²) in [7, 11) is 0. The van der Waals surface area contributed by atoms with Crippen molar-refractivity contribution in [2.45, 2.75) is 25.8 Å². The lowest BCUT2D eigenvalue weighted by molar-refractivity contribution is 0.301. The molecule has 0 fully saturated rings. The van der Waals surface area contributed by atoms with Crippen molar-refractivity contribution in [2.75, 3.05) is 0 Å². The molecule has 2 aromatic rings. The lowest BCUT2D eigenvalue weighted by atomic mass is 10.1. The molecule has 19 heavy (non-hydrogen) atoms. The van der Waals surface area contributed by atoms with Gasteiger partial charge in [-0.3, -0.25) is 4.98 Å². The summed E-state index contributed by atoms with van der Waals surface area (Å²) in [5, 5.41) is 0.631.